The topological polar surface area (TPSA) is 125 Å². The quantitative estimate of drug-likeness (QED) is 0.0756. The van der Waals surface area contributed by atoms with Crippen molar-refractivity contribution in [2.75, 3.05) is 0 Å². The van der Waals surface area contributed by atoms with Crippen molar-refractivity contribution in [3.8, 4) is 35.1 Å². The minimum atomic E-state index is -4.44. The highest BCUT2D eigenvalue weighted by Gasteiger charge is 2.32. The number of hydrogen-bond donors (Lipinski definition) is 1. The number of nitrogens with zero attached hydrogens (tertiary/aromatic N) is 5. The first-order valence-corrected chi connectivity index (χ1v) is 14.0. The molecule has 0 atom stereocenters. The predicted molar refractivity (Wildman–Crippen MR) is 163 cm³/mol. The summed E-state index contributed by atoms with van der Waals surface area (Å²) in [6.07, 6.45) is 0.582. The maximum absolute atomic E-state index is 12.9. The summed E-state index contributed by atoms with van der Waals surface area (Å²) in [5, 5.41) is 10.2. The monoisotopic (exact) mass is 678 g/mol. The number of esters is 2. The SMILES string of the molecule is C#CC(=O)OC(C)C.Cc1cc(-c2ncn(/C=C\C(=O)OC(C)C)n2)cc(C(F)(F)F)c1.Cc1cc(-c2ncn[nH]2)cc(C(F)(F)F)c1. The van der Waals surface area contributed by atoms with Gasteiger partial charge in [0.15, 0.2) is 11.6 Å². The van der Waals surface area contributed by atoms with Crippen molar-refractivity contribution in [3.63, 3.8) is 0 Å². The maximum Gasteiger partial charge on any atom is 0.416 e. The molecule has 0 radical (unpaired) electrons. The highest BCUT2D eigenvalue weighted by atomic mass is 19.4. The lowest BCUT2D eigenvalue weighted by molar-refractivity contribution is -0.141. The Hall–Kier alpha value is -5.46. The fourth-order valence-corrected chi connectivity index (χ4v) is 3.64. The molecule has 2 aromatic carbocycles. The minimum absolute atomic E-state index is 0.112. The predicted octanol–water partition coefficient (Wildman–Crippen LogP) is 7.06. The van der Waals surface area contributed by atoms with E-state index >= 15 is 0 Å². The van der Waals surface area contributed by atoms with Crippen molar-refractivity contribution >= 4 is 18.1 Å². The van der Waals surface area contributed by atoms with E-state index < -0.39 is 35.4 Å². The molecule has 0 amide bonds. The zero-order chi connectivity index (χ0) is 36.2. The molecule has 0 saturated heterocycles. The van der Waals surface area contributed by atoms with E-state index in [1.807, 2.05) is 5.92 Å². The van der Waals surface area contributed by atoms with Gasteiger partial charge in [0.1, 0.15) is 12.7 Å². The molecule has 0 spiro atoms. The number of carbonyl (C=O) groups is 2. The largest absolute Gasteiger partial charge is 0.460 e. The lowest BCUT2D eigenvalue weighted by Gasteiger charge is -2.09. The molecule has 0 aliphatic rings. The van der Waals surface area contributed by atoms with Gasteiger partial charge in [-0.2, -0.15) is 31.4 Å². The lowest BCUT2D eigenvalue weighted by atomic mass is 10.1. The fourth-order valence-electron chi connectivity index (χ4n) is 3.64. The van der Waals surface area contributed by atoms with Crippen LogP contribution in [0.4, 0.5) is 26.3 Å². The van der Waals surface area contributed by atoms with Gasteiger partial charge in [-0.15, -0.1) is 11.5 Å². The molecule has 256 valence electrons. The van der Waals surface area contributed by atoms with E-state index in [-0.39, 0.29) is 23.6 Å². The molecular weight excluding hydrogens is 646 g/mol. The van der Waals surface area contributed by atoms with Crippen LogP contribution in [0.25, 0.3) is 29.0 Å². The maximum atomic E-state index is 12.9. The molecule has 2 aromatic heterocycles. The molecule has 0 unspecified atom stereocenters. The van der Waals surface area contributed by atoms with Crippen molar-refractivity contribution in [2.24, 2.45) is 0 Å². The van der Waals surface area contributed by atoms with E-state index in [0.717, 1.165) is 30.3 Å². The van der Waals surface area contributed by atoms with Gasteiger partial charge in [0, 0.05) is 29.3 Å². The van der Waals surface area contributed by atoms with Crippen molar-refractivity contribution in [1.29, 1.82) is 0 Å². The normalized spacial score (nSPS) is 11.4. The Bertz CT molecular complexity index is 1740. The molecule has 4 rings (SSSR count). The third kappa shape index (κ3) is 13.1. The van der Waals surface area contributed by atoms with Crippen LogP contribution in [0.15, 0.2) is 55.1 Å². The van der Waals surface area contributed by atoms with Crippen LogP contribution in [0.1, 0.15) is 49.9 Å². The summed E-state index contributed by atoms with van der Waals surface area (Å²) >= 11 is 0. The fraction of sp³-hybridized carbons (Fsp3) is 0.312. The third-order valence-corrected chi connectivity index (χ3v) is 5.44. The number of halogens is 6. The second-order valence-electron chi connectivity index (χ2n) is 10.5. The Balaban J connectivity index is 0.000000285. The first kappa shape index (κ1) is 38.7. The molecule has 10 nitrogen and oxygen atoms in total. The summed E-state index contributed by atoms with van der Waals surface area (Å²) in [4.78, 5) is 29.4. The van der Waals surface area contributed by atoms with E-state index in [1.54, 1.807) is 53.7 Å². The van der Waals surface area contributed by atoms with Gasteiger partial charge in [0.2, 0.25) is 0 Å². The Morgan fingerprint density at radius 2 is 1.40 bits per heavy atom. The number of hydrogen-bond acceptors (Lipinski definition) is 8. The summed E-state index contributed by atoms with van der Waals surface area (Å²) < 4.78 is 86.9. The Morgan fingerprint density at radius 1 is 0.854 bits per heavy atom. The first-order valence-electron chi connectivity index (χ1n) is 14.0. The molecule has 0 aliphatic heterocycles. The summed E-state index contributed by atoms with van der Waals surface area (Å²) in [6, 6.07) is 7.38. The first-order chi connectivity index (χ1) is 22.3. The molecule has 0 fully saturated rings. The number of carbonyl (C=O) groups excluding carboxylic acids is 2. The molecule has 0 bridgehead atoms. The number of aryl methyl sites for hydroxylation is 2. The summed E-state index contributed by atoms with van der Waals surface area (Å²) in [7, 11) is 0. The van der Waals surface area contributed by atoms with Crippen LogP contribution < -0.4 is 0 Å². The van der Waals surface area contributed by atoms with Crippen LogP contribution in [-0.2, 0) is 31.4 Å². The highest BCUT2D eigenvalue weighted by molar-refractivity contribution is 5.87. The van der Waals surface area contributed by atoms with Gasteiger partial charge < -0.3 is 9.47 Å². The Kier molecular flexibility index (Phi) is 13.6. The molecule has 2 heterocycles. The number of aromatic amines is 1. The van der Waals surface area contributed by atoms with Crippen molar-refractivity contribution in [3.05, 3.63) is 77.4 Å². The number of alkyl halides is 6. The smallest absolute Gasteiger partial charge is 0.416 e. The number of H-pyrrole nitrogens is 1. The second-order valence-corrected chi connectivity index (χ2v) is 10.5. The van der Waals surface area contributed by atoms with Crippen LogP contribution in [0.2, 0.25) is 0 Å². The van der Waals surface area contributed by atoms with E-state index in [9.17, 15) is 35.9 Å². The van der Waals surface area contributed by atoms with Gasteiger partial charge >= 0.3 is 24.3 Å². The Morgan fingerprint density at radius 3 is 1.85 bits per heavy atom. The number of ether oxygens (including phenoxy) is 2. The second kappa shape index (κ2) is 16.9. The highest BCUT2D eigenvalue weighted by Crippen LogP contribution is 2.33. The average molecular weight is 679 g/mol. The number of rotatable bonds is 6. The summed E-state index contributed by atoms with van der Waals surface area (Å²) in [5.74, 6) is 1.15. The number of benzene rings is 2. The minimum Gasteiger partial charge on any atom is -0.460 e. The van der Waals surface area contributed by atoms with E-state index in [4.69, 9.17) is 11.2 Å². The third-order valence-electron chi connectivity index (χ3n) is 5.44. The zero-order valence-electron chi connectivity index (χ0n) is 26.6. The standard InChI is InChI=1S/C16H16F3N3O2.C10H8F3N3.C6H8O2/c1-10(2)24-14(23)4-5-22-9-20-15(21-22)12-6-11(3)7-13(8-12)16(17,18)19;1-6-2-7(9-14-5-15-16-9)4-8(3-6)10(11,12)13;1-4-6(7)8-5(2)3/h4-10H,1-3H3;2-5H,1H3,(H,14,15,16);1,5H,2-3H3/b5-4-;;. The van der Waals surface area contributed by atoms with E-state index in [1.165, 1.54) is 23.5 Å². The molecule has 16 heteroatoms. The van der Waals surface area contributed by atoms with Gasteiger partial charge in [-0.05, 0) is 89.1 Å². The lowest BCUT2D eigenvalue weighted by Crippen LogP contribution is -2.08. The molecule has 4 aromatic rings. The Labute approximate surface area is 272 Å². The van der Waals surface area contributed by atoms with Gasteiger partial charge in [0.05, 0.1) is 23.3 Å². The van der Waals surface area contributed by atoms with Crippen molar-refractivity contribution in [1.82, 2.24) is 29.9 Å². The van der Waals surface area contributed by atoms with E-state index in [0.29, 0.717) is 22.5 Å². The van der Waals surface area contributed by atoms with Crippen molar-refractivity contribution < 1.29 is 45.4 Å². The molecule has 0 aliphatic carbocycles. The van der Waals surface area contributed by atoms with Crippen LogP contribution in [0, 0.1) is 26.2 Å². The number of aromatic nitrogens is 6. The molecule has 48 heavy (non-hydrogen) atoms. The van der Waals surface area contributed by atoms with Crippen LogP contribution in [-0.4, -0.2) is 54.1 Å². The van der Waals surface area contributed by atoms with Crippen LogP contribution in [0.5, 0.6) is 0 Å². The molecule has 0 saturated carbocycles. The van der Waals surface area contributed by atoms with Gasteiger partial charge in [0.25, 0.3) is 0 Å². The van der Waals surface area contributed by atoms with Crippen molar-refractivity contribution in [2.45, 2.75) is 66.1 Å². The molecular formula is C32H32F6N6O4. The van der Waals surface area contributed by atoms with Crippen LogP contribution in [0.3, 0.4) is 0 Å². The van der Waals surface area contributed by atoms with E-state index in [2.05, 4.69) is 30.0 Å². The number of nitrogens with one attached hydrogen (secondary N) is 1. The summed E-state index contributed by atoms with van der Waals surface area (Å²) in [5.41, 5.74) is 0.168. The van der Waals surface area contributed by atoms with Gasteiger partial charge in [-0.25, -0.2) is 24.2 Å². The van der Waals surface area contributed by atoms with Crippen LogP contribution >= 0.6 is 0 Å². The number of terminal acetylenes is 1. The van der Waals surface area contributed by atoms with Gasteiger partial charge in [-0.3, -0.25) is 5.10 Å². The van der Waals surface area contributed by atoms with Gasteiger partial charge in [-0.1, -0.05) is 0 Å². The zero-order valence-corrected chi connectivity index (χ0v) is 26.6. The summed E-state index contributed by atoms with van der Waals surface area (Å²) in [6.45, 7) is 10.1. The average Bonchev–Trinajstić information content (AvgIpc) is 3.68. The molecule has 1 N–H and O–H groups in total.